The molecule has 10 aromatic rings. The third kappa shape index (κ3) is 4.94. The maximum atomic E-state index is 6.46. The van der Waals surface area contributed by atoms with Gasteiger partial charge >= 0.3 is 0 Å². The molecule has 0 aliphatic carbocycles. The van der Waals surface area contributed by atoms with Gasteiger partial charge in [-0.2, -0.15) is 0 Å². The molecule has 0 radical (unpaired) electrons. The molecule has 51 heavy (non-hydrogen) atoms. The van der Waals surface area contributed by atoms with E-state index >= 15 is 0 Å². The minimum absolute atomic E-state index is 0.914. The fraction of sp³-hybridized carbons (Fsp3) is 0. The van der Waals surface area contributed by atoms with Crippen molar-refractivity contribution in [3.63, 3.8) is 0 Å². The first-order valence-corrected chi connectivity index (χ1v) is 17.5. The predicted molar refractivity (Wildman–Crippen MR) is 216 cm³/mol. The molecule has 0 saturated carbocycles. The average Bonchev–Trinajstić information content (AvgIpc) is 3.59. The Morgan fingerprint density at radius 3 is 1.25 bits per heavy atom. The third-order valence-electron chi connectivity index (χ3n) is 10.3. The molecule has 0 fully saturated rings. The van der Waals surface area contributed by atoms with Crippen molar-refractivity contribution in [2.24, 2.45) is 0 Å². The van der Waals surface area contributed by atoms with E-state index in [0.717, 1.165) is 33.1 Å². The first kappa shape index (κ1) is 29.2. The molecular formula is C50H32O. The highest BCUT2D eigenvalue weighted by Gasteiger charge is 2.18. The van der Waals surface area contributed by atoms with Crippen molar-refractivity contribution in [3.8, 4) is 55.6 Å². The number of benzene rings is 9. The molecule has 1 heterocycles. The fourth-order valence-corrected chi connectivity index (χ4v) is 7.93. The molecule has 0 unspecified atom stereocenters. The van der Waals surface area contributed by atoms with Gasteiger partial charge in [0.1, 0.15) is 11.2 Å². The Balaban J connectivity index is 1.15. The Morgan fingerprint density at radius 2 is 0.647 bits per heavy atom. The zero-order valence-corrected chi connectivity index (χ0v) is 27.9. The summed E-state index contributed by atoms with van der Waals surface area (Å²) in [5, 5.41) is 7.25. The van der Waals surface area contributed by atoms with Crippen LogP contribution in [0.15, 0.2) is 199 Å². The van der Waals surface area contributed by atoms with E-state index in [1.807, 2.05) is 12.1 Å². The van der Waals surface area contributed by atoms with Crippen LogP contribution in [0.25, 0.3) is 99.1 Å². The summed E-state index contributed by atoms with van der Waals surface area (Å²) >= 11 is 0. The van der Waals surface area contributed by atoms with Gasteiger partial charge in [-0.1, -0.05) is 170 Å². The lowest BCUT2D eigenvalue weighted by Gasteiger charge is -2.18. The third-order valence-corrected chi connectivity index (χ3v) is 10.3. The van der Waals surface area contributed by atoms with E-state index in [4.69, 9.17) is 4.42 Å². The summed E-state index contributed by atoms with van der Waals surface area (Å²) in [5.74, 6) is 0. The summed E-state index contributed by atoms with van der Waals surface area (Å²) in [5.41, 5.74) is 13.8. The van der Waals surface area contributed by atoms with Crippen molar-refractivity contribution in [1.82, 2.24) is 0 Å². The molecule has 0 spiro atoms. The maximum absolute atomic E-state index is 6.46. The van der Waals surface area contributed by atoms with E-state index in [0.29, 0.717) is 0 Å². The first-order valence-electron chi connectivity index (χ1n) is 17.5. The number of para-hydroxylation sites is 2. The Hall–Kier alpha value is -6.70. The quantitative estimate of drug-likeness (QED) is 0.169. The van der Waals surface area contributed by atoms with Crippen LogP contribution in [0, 0.1) is 0 Å². The maximum Gasteiger partial charge on any atom is 0.143 e. The molecule has 1 aromatic heterocycles. The van der Waals surface area contributed by atoms with Crippen LogP contribution in [0.3, 0.4) is 0 Å². The van der Waals surface area contributed by atoms with E-state index in [9.17, 15) is 0 Å². The summed E-state index contributed by atoms with van der Waals surface area (Å²) in [4.78, 5) is 0. The topological polar surface area (TPSA) is 13.1 Å². The van der Waals surface area contributed by atoms with Gasteiger partial charge in [-0.05, 0) is 95.9 Å². The fourth-order valence-electron chi connectivity index (χ4n) is 7.93. The first-order chi connectivity index (χ1) is 25.3. The standard InChI is InChI=1S/C50H32O/c1-2-14-33(15-3-1)34-16-10-17-35(30-34)36-18-11-20-38(31-36)48-42-23-4-6-25-44(42)49(45-26-7-5-24-43(45)48)39-21-12-19-37(32-39)40-27-13-28-46-41-22-8-9-29-47(41)51-50(40)46/h1-32H. The number of hydrogen-bond donors (Lipinski definition) is 0. The van der Waals surface area contributed by atoms with E-state index in [1.54, 1.807) is 0 Å². The van der Waals surface area contributed by atoms with Crippen LogP contribution < -0.4 is 0 Å². The summed E-state index contributed by atoms with van der Waals surface area (Å²) in [6.45, 7) is 0. The van der Waals surface area contributed by atoms with E-state index in [-0.39, 0.29) is 0 Å². The number of fused-ring (bicyclic) bond motifs is 5. The molecule has 0 saturated heterocycles. The molecule has 0 aliphatic rings. The Kier molecular flexibility index (Phi) is 6.89. The SMILES string of the molecule is c1ccc(-c2cccc(-c3cccc(-c4c5ccccc5c(-c5cccc(-c6cccc7c6oc6ccccc67)c5)c5ccccc45)c3)c2)cc1. The van der Waals surface area contributed by atoms with Crippen molar-refractivity contribution >= 4 is 43.5 Å². The molecule has 0 atom stereocenters. The second-order valence-corrected chi connectivity index (χ2v) is 13.2. The Morgan fingerprint density at radius 1 is 0.255 bits per heavy atom. The molecule has 0 N–H and O–H groups in total. The summed E-state index contributed by atoms with van der Waals surface area (Å²) in [7, 11) is 0. The molecule has 0 amide bonds. The Labute approximate surface area is 296 Å². The van der Waals surface area contributed by atoms with Gasteiger partial charge < -0.3 is 4.42 Å². The highest BCUT2D eigenvalue weighted by molar-refractivity contribution is 6.21. The number of rotatable bonds is 5. The highest BCUT2D eigenvalue weighted by Crippen LogP contribution is 2.45. The second kappa shape index (κ2) is 12.0. The lowest BCUT2D eigenvalue weighted by molar-refractivity contribution is 0.670. The van der Waals surface area contributed by atoms with E-state index < -0.39 is 0 Å². The van der Waals surface area contributed by atoms with Crippen LogP contribution in [0.4, 0.5) is 0 Å². The van der Waals surface area contributed by atoms with Crippen LogP contribution in [-0.4, -0.2) is 0 Å². The van der Waals surface area contributed by atoms with Crippen molar-refractivity contribution in [3.05, 3.63) is 194 Å². The van der Waals surface area contributed by atoms with Gasteiger partial charge in [-0.3, -0.25) is 0 Å². The minimum atomic E-state index is 0.914. The van der Waals surface area contributed by atoms with Crippen LogP contribution >= 0.6 is 0 Å². The molecule has 0 bridgehead atoms. The Bertz CT molecular complexity index is 2850. The van der Waals surface area contributed by atoms with Gasteiger partial charge in [0.2, 0.25) is 0 Å². The van der Waals surface area contributed by atoms with Crippen molar-refractivity contribution in [2.45, 2.75) is 0 Å². The van der Waals surface area contributed by atoms with Crippen molar-refractivity contribution < 1.29 is 4.42 Å². The smallest absolute Gasteiger partial charge is 0.143 e. The van der Waals surface area contributed by atoms with Gasteiger partial charge in [0.15, 0.2) is 0 Å². The average molecular weight is 649 g/mol. The largest absolute Gasteiger partial charge is 0.455 e. The zero-order valence-electron chi connectivity index (χ0n) is 27.9. The lowest BCUT2D eigenvalue weighted by Crippen LogP contribution is -1.91. The lowest BCUT2D eigenvalue weighted by atomic mass is 9.85. The molecule has 1 heteroatoms. The van der Waals surface area contributed by atoms with Crippen LogP contribution in [-0.2, 0) is 0 Å². The summed E-state index contributed by atoms with van der Waals surface area (Å²) in [6, 6.07) is 70.0. The summed E-state index contributed by atoms with van der Waals surface area (Å²) in [6.07, 6.45) is 0. The monoisotopic (exact) mass is 648 g/mol. The van der Waals surface area contributed by atoms with Crippen molar-refractivity contribution in [1.29, 1.82) is 0 Å². The minimum Gasteiger partial charge on any atom is -0.455 e. The number of furan rings is 1. The predicted octanol–water partition coefficient (Wildman–Crippen LogP) is 14.2. The summed E-state index contributed by atoms with van der Waals surface area (Å²) < 4.78 is 6.46. The zero-order chi connectivity index (χ0) is 33.7. The van der Waals surface area contributed by atoms with Gasteiger partial charge in [0, 0.05) is 16.3 Å². The normalized spacial score (nSPS) is 11.5. The molecule has 238 valence electrons. The molecule has 10 rings (SSSR count). The van der Waals surface area contributed by atoms with Gasteiger partial charge in [-0.25, -0.2) is 0 Å². The van der Waals surface area contributed by atoms with Crippen molar-refractivity contribution in [2.75, 3.05) is 0 Å². The highest BCUT2D eigenvalue weighted by atomic mass is 16.3. The van der Waals surface area contributed by atoms with Gasteiger partial charge in [0.25, 0.3) is 0 Å². The molecule has 1 nitrogen and oxygen atoms in total. The molecular weight excluding hydrogens is 617 g/mol. The number of hydrogen-bond acceptors (Lipinski definition) is 1. The van der Waals surface area contributed by atoms with Gasteiger partial charge in [-0.15, -0.1) is 0 Å². The van der Waals surface area contributed by atoms with Crippen LogP contribution in [0.1, 0.15) is 0 Å². The van der Waals surface area contributed by atoms with E-state index in [2.05, 4.69) is 182 Å². The molecule has 9 aromatic carbocycles. The van der Waals surface area contributed by atoms with Crippen LogP contribution in [0.5, 0.6) is 0 Å². The van der Waals surface area contributed by atoms with E-state index in [1.165, 1.54) is 66.1 Å². The van der Waals surface area contributed by atoms with Crippen LogP contribution in [0.2, 0.25) is 0 Å². The van der Waals surface area contributed by atoms with Gasteiger partial charge in [0.05, 0.1) is 0 Å². The molecule has 0 aliphatic heterocycles. The second-order valence-electron chi connectivity index (χ2n) is 13.2.